The number of fused-ring (bicyclic) bond motifs is 1. The molecular formula is C20H26N2O2S. The normalized spacial score (nSPS) is 20.1. The van der Waals surface area contributed by atoms with Crippen LogP contribution in [0.1, 0.15) is 54.9 Å². The summed E-state index contributed by atoms with van der Waals surface area (Å²) in [6.45, 7) is 5.61. The van der Waals surface area contributed by atoms with Gasteiger partial charge in [-0.25, -0.2) is 4.98 Å². The van der Waals surface area contributed by atoms with E-state index in [0.717, 1.165) is 31.0 Å². The Morgan fingerprint density at radius 2 is 2.12 bits per heavy atom. The van der Waals surface area contributed by atoms with Crippen molar-refractivity contribution in [2.75, 3.05) is 19.8 Å². The SMILES string of the molecule is CCCCc1nc(CN2CCC[C@H]2c2ccc3c(c2)OCCO3)cs1. The van der Waals surface area contributed by atoms with E-state index in [4.69, 9.17) is 14.5 Å². The summed E-state index contributed by atoms with van der Waals surface area (Å²) in [5, 5.41) is 3.52. The maximum atomic E-state index is 5.76. The first-order chi connectivity index (χ1) is 12.3. The third-order valence-corrected chi connectivity index (χ3v) is 5.98. The first kappa shape index (κ1) is 16.9. The molecule has 3 heterocycles. The van der Waals surface area contributed by atoms with Crippen molar-refractivity contribution in [1.82, 2.24) is 9.88 Å². The summed E-state index contributed by atoms with van der Waals surface area (Å²) >= 11 is 1.81. The lowest BCUT2D eigenvalue weighted by molar-refractivity contribution is 0.170. The molecule has 0 saturated carbocycles. The molecule has 1 aromatic heterocycles. The Morgan fingerprint density at radius 3 is 3.00 bits per heavy atom. The van der Waals surface area contributed by atoms with Gasteiger partial charge in [0.25, 0.3) is 0 Å². The Kier molecular flexibility index (Phi) is 5.22. The minimum absolute atomic E-state index is 0.455. The van der Waals surface area contributed by atoms with Crippen LogP contribution in [-0.2, 0) is 13.0 Å². The van der Waals surface area contributed by atoms with Gasteiger partial charge in [-0.3, -0.25) is 4.90 Å². The highest BCUT2D eigenvalue weighted by Crippen LogP contribution is 2.38. The van der Waals surface area contributed by atoms with E-state index < -0.39 is 0 Å². The number of benzene rings is 1. The van der Waals surface area contributed by atoms with E-state index in [9.17, 15) is 0 Å². The van der Waals surface area contributed by atoms with Crippen LogP contribution in [0.2, 0.25) is 0 Å². The van der Waals surface area contributed by atoms with Crippen LogP contribution in [0.15, 0.2) is 23.6 Å². The Balaban J connectivity index is 1.46. The number of aryl methyl sites for hydroxylation is 1. The molecule has 5 heteroatoms. The van der Waals surface area contributed by atoms with E-state index in [-0.39, 0.29) is 0 Å². The monoisotopic (exact) mass is 358 g/mol. The fourth-order valence-corrected chi connectivity index (χ4v) is 4.56. The minimum atomic E-state index is 0.455. The van der Waals surface area contributed by atoms with Gasteiger partial charge in [0.1, 0.15) is 13.2 Å². The molecule has 134 valence electrons. The van der Waals surface area contributed by atoms with E-state index in [1.807, 2.05) is 11.3 Å². The van der Waals surface area contributed by atoms with Gasteiger partial charge in [0, 0.05) is 18.0 Å². The number of thiazole rings is 1. The van der Waals surface area contributed by atoms with Crippen molar-refractivity contribution in [3.63, 3.8) is 0 Å². The fraction of sp³-hybridized carbons (Fsp3) is 0.550. The first-order valence-electron chi connectivity index (χ1n) is 9.40. The second-order valence-electron chi connectivity index (χ2n) is 6.87. The van der Waals surface area contributed by atoms with Crippen LogP contribution in [0.5, 0.6) is 11.5 Å². The molecule has 0 unspecified atom stereocenters. The average Bonchev–Trinajstić information content (AvgIpc) is 3.29. The molecular weight excluding hydrogens is 332 g/mol. The van der Waals surface area contributed by atoms with Crippen molar-refractivity contribution < 1.29 is 9.47 Å². The van der Waals surface area contributed by atoms with Crippen molar-refractivity contribution in [3.8, 4) is 11.5 Å². The molecule has 1 fully saturated rings. The zero-order valence-electron chi connectivity index (χ0n) is 14.9. The van der Waals surface area contributed by atoms with Gasteiger partial charge in [0.2, 0.25) is 0 Å². The predicted molar refractivity (Wildman–Crippen MR) is 101 cm³/mol. The van der Waals surface area contributed by atoms with Gasteiger partial charge in [-0.05, 0) is 49.9 Å². The molecule has 0 spiro atoms. The van der Waals surface area contributed by atoms with Crippen LogP contribution in [0.4, 0.5) is 0 Å². The van der Waals surface area contributed by atoms with Gasteiger partial charge in [0.15, 0.2) is 11.5 Å². The Morgan fingerprint density at radius 1 is 1.24 bits per heavy atom. The number of aromatic nitrogens is 1. The summed E-state index contributed by atoms with van der Waals surface area (Å²) in [7, 11) is 0. The summed E-state index contributed by atoms with van der Waals surface area (Å²) in [6, 6.07) is 6.89. The van der Waals surface area contributed by atoms with Crippen LogP contribution in [-0.4, -0.2) is 29.6 Å². The van der Waals surface area contributed by atoms with E-state index >= 15 is 0 Å². The lowest BCUT2D eigenvalue weighted by atomic mass is 10.0. The first-order valence-corrected chi connectivity index (χ1v) is 10.3. The van der Waals surface area contributed by atoms with Crippen LogP contribution < -0.4 is 9.47 Å². The van der Waals surface area contributed by atoms with Gasteiger partial charge in [-0.2, -0.15) is 0 Å². The Bertz CT molecular complexity index is 715. The Hall–Kier alpha value is -1.59. The molecule has 1 saturated heterocycles. The second kappa shape index (κ2) is 7.75. The molecule has 2 aromatic rings. The summed E-state index contributed by atoms with van der Waals surface area (Å²) in [4.78, 5) is 7.40. The molecule has 0 bridgehead atoms. The van der Waals surface area contributed by atoms with Gasteiger partial charge in [-0.15, -0.1) is 11.3 Å². The number of ether oxygens (including phenoxy) is 2. The number of rotatable bonds is 6. The smallest absolute Gasteiger partial charge is 0.161 e. The van der Waals surface area contributed by atoms with Gasteiger partial charge >= 0.3 is 0 Å². The van der Waals surface area contributed by atoms with Crippen LogP contribution in [0, 0.1) is 0 Å². The van der Waals surface area contributed by atoms with E-state index in [1.165, 1.54) is 41.9 Å². The fourth-order valence-electron chi connectivity index (χ4n) is 3.73. The van der Waals surface area contributed by atoms with E-state index in [2.05, 4.69) is 35.4 Å². The Labute approximate surface area is 153 Å². The number of hydrogen-bond acceptors (Lipinski definition) is 5. The van der Waals surface area contributed by atoms with Crippen LogP contribution in [0.3, 0.4) is 0 Å². The molecule has 0 N–H and O–H groups in total. The van der Waals surface area contributed by atoms with Gasteiger partial charge in [-0.1, -0.05) is 19.4 Å². The summed E-state index contributed by atoms with van der Waals surface area (Å²) in [6.07, 6.45) is 6.02. The second-order valence-corrected chi connectivity index (χ2v) is 7.81. The third kappa shape index (κ3) is 3.82. The third-order valence-electron chi connectivity index (χ3n) is 5.02. The van der Waals surface area contributed by atoms with Crippen LogP contribution in [0.25, 0.3) is 0 Å². The van der Waals surface area contributed by atoms with Gasteiger partial charge in [0.05, 0.1) is 10.7 Å². The van der Waals surface area contributed by atoms with Crippen molar-refractivity contribution in [3.05, 3.63) is 39.8 Å². The quantitative estimate of drug-likeness (QED) is 0.756. The van der Waals surface area contributed by atoms with Crippen molar-refractivity contribution in [2.45, 2.75) is 51.6 Å². The minimum Gasteiger partial charge on any atom is -0.486 e. The van der Waals surface area contributed by atoms with E-state index in [1.54, 1.807) is 0 Å². The molecule has 4 rings (SSSR count). The topological polar surface area (TPSA) is 34.6 Å². The zero-order chi connectivity index (χ0) is 17.1. The highest BCUT2D eigenvalue weighted by Gasteiger charge is 2.27. The van der Waals surface area contributed by atoms with Crippen molar-refractivity contribution >= 4 is 11.3 Å². The summed E-state index contributed by atoms with van der Waals surface area (Å²) in [5.41, 5.74) is 2.56. The molecule has 1 aromatic carbocycles. The predicted octanol–water partition coefficient (Wildman–Crippen LogP) is 4.59. The standard InChI is InChI=1S/C20H26N2O2S/c1-2-3-6-20-21-16(14-25-20)13-22-9-4-5-17(22)15-7-8-18-19(12-15)24-11-10-23-18/h7-8,12,14,17H,2-6,9-11,13H2,1H3/t17-/m0/s1. The van der Waals surface area contributed by atoms with E-state index in [0.29, 0.717) is 19.3 Å². The molecule has 1 atom stereocenters. The summed E-state index contributed by atoms with van der Waals surface area (Å²) < 4.78 is 11.4. The molecule has 2 aliphatic rings. The summed E-state index contributed by atoms with van der Waals surface area (Å²) in [5.74, 6) is 1.77. The molecule has 25 heavy (non-hydrogen) atoms. The zero-order valence-corrected chi connectivity index (χ0v) is 15.7. The lowest BCUT2D eigenvalue weighted by Crippen LogP contribution is -2.23. The van der Waals surface area contributed by atoms with Crippen molar-refractivity contribution in [2.24, 2.45) is 0 Å². The van der Waals surface area contributed by atoms with Crippen molar-refractivity contribution in [1.29, 1.82) is 0 Å². The molecule has 0 amide bonds. The number of hydrogen-bond donors (Lipinski definition) is 0. The lowest BCUT2D eigenvalue weighted by Gasteiger charge is -2.26. The highest BCUT2D eigenvalue weighted by atomic mass is 32.1. The number of likely N-dealkylation sites (tertiary alicyclic amines) is 1. The maximum Gasteiger partial charge on any atom is 0.161 e. The molecule has 4 nitrogen and oxygen atoms in total. The highest BCUT2D eigenvalue weighted by molar-refractivity contribution is 7.09. The van der Waals surface area contributed by atoms with Crippen LogP contribution >= 0.6 is 11.3 Å². The number of nitrogens with zero attached hydrogens (tertiary/aromatic N) is 2. The maximum absolute atomic E-state index is 5.76. The number of unbranched alkanes of at least 4 members (excludes halogenated alkanes) is 1. The average molecular weight is 359 g/mol. The largest absolute Gasteiger partial charge is 0.486 e. The molecule has 2 aliphatic heterocycles. The molecule has 0 radical (unpaired) electrons. The van der Waals surface area contributed by atoms with Gasteiger partial charge < -0.3 is 9.47 Å². The molecule has 0 aliphatic carbocycles.